The van der Waals surface area contributed by atoms with Crippen molar-refractivity contribution in [1.82, 2.24) is 9.97 Å². The highest BCUT2D eigenvalue weighted by atomic mass is 16.3. The molecule has 0 atom stereocenters. The molecule has 1 aliphatic heterocycles. The van der Waals surface area contributed by atoms with Gasteiger partial charge >= 0.3 is 0 Å². The lowest BCUT2D eigenvalue weighted by Gasteiger charge is -2.36. The highest BCUT2D eigenvalue weighted by molar-refractivity contribution is 5.51. The molecule has 0 spiro atoms. The van der Waals surface area contributed by atoms with E-state index in [4.69, 9.17) is 0 Å². The zero-order valence-electron chi connectivity index (χ0n) is 13.0. The minimum atomic E-state index is 0.302. The summed E-state index contributed by atoms with van der Waals surface area (Å²) in [6.07, 6.45) is 1.81. The van der Waals surface area contributed by atoms with Crippen molar-refractivity contribution in [2.24, 2.45) is 0 Å². The first-order valence-corrected chi connectivity index (χ1v) is 7.43. The molecule has 6 heteroatoms. The van der Waals surface area contributed by atoms with E-state index in [1.165, 1.54) is 0 Å². The summed E-state index contributed by atoms with van der Waals surface area (Å²) in [6.45, 7) is 3.61. The van der Waals surface area contributed by atoms with Crippen LogP contribution >= 0.6 is 0 Å². The van der Waals surface area contributed by atoms with Gasteiger partial charge in [0.05, 0.1) is 0 Å². The van der Waals surface area contributed by atoms with Crippen LogP contribution in [0.15, 0.2) is 36.5 Å². The van der Waals surface area contributed by atoms with Gasteiger partial charge in [-0.25, -0.2) is 4.98 Å². The number of hydrogen-bond acceptors (Lipinski definition) is 6. The second-order valence-electron chi connectivity index (χ2n) is 5.60. The number of aromatic hydroxyl groups is 1. The first kappa shape index (κ1) is 14.4. The monoisotopic (exact) mass is 299 g/mol. The lowest BCUT2D eigenvalue weighted by Crippen LogP contribution is -2.47. The van der Waals surface area contributed by atoms with Crippen LogP contribution in [0.5, 0.6) is 5.75 Å². The molecule has 0 aliphatic carbocycles. The number of hydrogen-bond donors (Lipinski definition) is 1. The average molecular weight is 299 g/mol. The second kappa shape index (κ2) is 6.09. The van der Waals surface area contributed by atoms with Crippen molar-refractivity contribution in [2.45, 2.75) is 0 Å². The van der Waals surface area contributed by atoms with Crippen molar-refractivity contribution >= 4 is 17.5 Å². The lowest BCUT2D eigenvalue weighted by atomic mass is 10.2. The van der Waals surface area contributed by atoms with Crippen LogP contribution in [0.3, 0.4) is 0 Å². The van der Waals surface area contributed by atoms with Crippen molar-refractivity contribution in [2.75, 3.05) is 55.0 Å². The fraction of sp³-hybridized carbons (Fsp3) is 0.375. The first-order chi connectivity index (χ1) is 10.6. The van der Waals surface area contributed by atoms with Gasteiger partial charge in [-0.2, -0.15) is 4.98 Å². The predicted octanol–water partition coefficient (Wildman–Crippen LogP) is 1.57. The lowest BCUT2D eigenvalue weighted by molar-refractivity contribution is 0.475. The Morgan fingerprint density at radius 3 is 2.23 bits per heavy atom. The molecular weight excluding hydrogens is 278 g/mol. The van der Waals surface area contributed by atoms with Crippen LogP contribution < -0.4 is 14.7 Å². The summed E-state index contributed by atoms with van der Waals surface area (Å²) in [5.41, 5.74) is 1.14. The van der Waals surface area contributed by atoms with Gasteiger partial charge in [0.15, 0.2) is 0 Å². The molecule has 1 fully saturated rings. The van der Waals surface area contributed by atoms with Crippen molar-refractivity contribution in [1.29, 1.82) is 0 Å². The minimum absolute atomic E-state index is 0.302. The number of aromatic nitrogens is 2. The van der Waals surface area contributed by atoms with Crippen molar-refractivity contribution < 1.29 is 5.11 Å². The fourth-order valence-corrected chi connectivity index (χ4v) is 2.57. The topological polar surface area (TPSA) is 55.7 Å². The van der Waals surface area contributed by atoms with E-state index >= 15 is 0 Å². The zero-order valence-corrected chi connectivity index (χ0v) is 13.0. The summed E-state index contributed by atoms with van der Waals surface area (Å²) in [4.78, 5) is 15.5. The van der Waals surface area contributed by atoms with E-state index in [-0.39, 0.29) is 0 Å². The molecule has 1 saturated heterocycles. The molecule has 0 saturated carbocycles. The fourth-order valence-electron chi connectivity index (χ4n) is 2.57. The third-order valence-corrected chi connectivity index (χ3v) is 3.86. The maximum absolute atomic E-state index is 9.37. The molecule has 1 aromatic heterocycles. The number of rotatable bonds is 3. The molecule has 1 aliphatic rings. The largest absolute Gasteiger partial charge is 0.508 e. The normalized spacial score (nSPS) is 15.0. The van der Waals surface area contributed by atoms with Gasteiger partial charge in [0.1, 0.15) is 11.6 Å². The van der Waals surface area contributed by atoms with Crippen LogP contribution in [0.4, 0.5) is 17.5 Å². The third-order valence-electron chi connectivity index (χ3n) is 3.86. The molecular formula is C16H21N5O. The number of benzene rings is 1. The van der Waals surface area contributed by atoms with Crippen molar-refractivity contribution in [3.05, 3.63) is 36.5 Å². The van der Waals surface area contributed by atoms with Gasteiger partial charge in [-0.1, -0.05) is 0 Å². The molecule has 6 nitrogen and oxygen atoms in total. The molecule has 116 valence electrons. The van der Waals surface area contributed by atoms with E-state index in [9.17, 15) is 5.11 Å². The Balaban J connectivity index is 1.66. The van der Waals surface area contributed by atoms with E-state index in [2.05, 4.69) is 19.8 Å². The zero-order chi connectivity index (χ0) is 15.5. The Morgan fingerprint density at radius 2 is 1.59 bits per heavy atom. The molecule has 1 N–H and O–H groups in total. The van der Waals surface area contributed by atoms with Gasteiger partial charge in [-0.3, -0.25) is 0 Å². The maximum Gasteiger partial charge on any atom is 0.227 e. The van der Waals surface area contributed by atoms with Crippen LogP contribution in [0.1, 0.15) is 0 Å². The number of phenolic OH excluding ortho intramolecular Hbond substituents is 1. The van der Waals surface area contributed by atoms with Gasteiger partial charge < -0.3 is 19.8 Å². The number of nitrogens with zero attached hydrogens (tertiary/aromatic N) is 5. The summed E-state index contributed by atoms with van der Waals surface area (Å²) in [5.74, 6) is 2.01. The molecule has 1 aromatic carbocycles. The van der Waals surface area contributed by atoms with Crippen LogP contribution in [-0.4, -0.2) is 55.3 Å². The van der Waals surface area contributed by atoms with Crippen molar-refractivity contribution in [3.8, 4) is 5.75 Å². The van der Waals surface area contributed by atoms with Crippen LogP contribution in [-0.2, 0) is 0 Å². The van der Waals surface area contributed by atoms with Gasteiger partial charge in [0, 0.05) is 52.2 Å². The van der Waals surface area contributed by atoms with Crippen LogP contribution in [0.25, 0.3) is 0 Å². The van der Waals surface area contributed by atoms with Gasteiger partial charge in [-0.05, 0) is 30.3 Å². The summed E-state index contributed by atoms with van der Waals surface area (Å²) in [6, 6.07) is 9.27. The first-order valence-electron chi connectivity index (χ1n) is 7.43. The Labute approximate surface area is 130 Å². The summed E-state index contributed by atoms with van der Waals surface area (Å²) < 4.78 is 0. The van der Waals surface area contributed by atoms with Crippen molar-refractivity contribution in [3.63, 3.8) is 0 Å². The second-order valence-corrected chi connectivity index (χ2v) is 5.60. The Bertz CT molecular complexity index is 621. The predicted molar refractivity (Wildman–Crippen MR) is 88.9 cm³/mol. The Morgan fingerprint density at radius 1 is 0.955 bits per heavy atom. The molecule has 2 aromatic rings. The standard InChI is InChI=1S/C16H21N5O/c1-19(2)15-7-8-17-16(18-15)21-11-9-20(10-12-21)13-3-5-14(22)6-4-13/h3-8,22H,9-12H2,1-2H3. The summed E-state index contributed by atoms with van der Waals surface area (Å²) >= 11 is 0. The molecule has 0 bridgehead atoms. The Kier molecular flexibility index (Phi) is 4.00. The highest BCUT2D eigenvalue weighted by Crippen LogP contribution is 2.21. The highest BCUT2D eigenvalue weighted by Gasteiger charge is 2.19. The number of phenols is 1. The van der Waals surface area contributed by atoms with Gasteiger partial charge in [0.2, 0.25) is 5.95 Å². The smallest absolute Gasteiger partial charge is 0.227 e. The third kappa shape index (κ3) is 3.05. The quantitative estimate of drug-likeness (QED) is 0.928. The van der Waals surface area contributed by atoms with Gasteiger partial charge in [0.25, 0.3) is 0 Å². The van der Waals surface area contributed by atoms with E-state index in [1.54, 1.807) is 12.1 Å². The molecule has 3 rings (SSSR count). The Hall–Kier alpha value is -2.50. The number of piperazine rings is 1. The molecule has 2 heterocycles. The average Bonchev–Trinajstić information content (AvgIpc) is 2.56. The van der Waals surface area contributed by atoms with E-state index in [0.29, 0.717) is 5.75 Å². The SMILES string of the molecule is CN(C)c1ccnc(N2CCN(c3ccc(O)cc3)CC2)n1. The van der Waals surface area contributed by atoms with E-state index in [0.717, 1.165) is 43.6 Å². The maximum atomic E-state index is 9.37. The van der Waals surface area contributed by atoms with Crippen LogP contribution in [0, 0.1) is 0 Å². The minimum Gasteiger partial charge on any atom is -0.508 e. The van der Waals surface area contributed by atoms with E-state index < -0.39 is 0 Å². The van der Waals surface area contributed by atoms with E-state index in [1.807, 2.05) is 43.4 Å². The van der Waals surface area contributed by atoms with Gasteiger partial charge in [-0.15, -0.1) is 0 Å². The molecule has 0 unspecified atom stereocenters. The van der Waals surface area contributed by atoms with Crippen LogP contribution in [0.2, 0.25) is 0 Å². The molecule has 0 amide bonds. The number of anilines is 3. The molecule has 0 radical (unpaired) electrons. The summed E-state index contributed by atoms with van der Waals surface area (Å²) in [7, 11) is 3.96. The summed E-state index contributed by atoms with van der Waals surface area (Å²) in [5, 5.41) is 9.37. The molecule has 22 heavy (non-hydrogen) atoms.